The van der Waals surface area contributed by atoms with E-state index < -0.39 is 17.7 Å². The molecule has 0 radical (unpaired) electrons. The van der Waals surface area contributed by atoms with Gasteiger partial charge in [0.05, 0.1) is 18.2 Å². The van der Waals surface area contributed by atoms with Gasteiger partial charge >= 0.3 is 0 Å². The second-order valence-electron chi connectivity index (χ2n) is 7.85. The van der Waals surface area contributed by atoms with E-state index in [-0.39, 0.29) is 24.0 Å². The number of aliphatic hydroxyl groups excluding tert-OH is 1. The van der Waals surface area contributed by atoms with E-state index in [1.807, 2.05) is 44.2 Å². The molecule has 30 heavy (non-hydrogen) atoms. The Bertz CT molecular complexity index is 1020. The van der Waals surface area contributed by atoms with Gasteiger partial charge in [0.25, 0.3) is 11.7 Å². The Hall–Kier alpha value is -3.12. The van der Waals surface area contributed by atoms with Crippen molar-refractivity contribution < 1.29 is 24.2 Å². The fourth-order valence-corrected chi connectivity index (χ4v) is 4.12. The number of fused-ring (bicyclic) bond motifs is 1. The van der Waals surface area contributed by atoms with Gasteiger partial charge in [0.1, 0.15) is 17.6 Å². The van der Waals surface area contributed by atoms with Gasteiger partial charge in [-0.15, -0.1) is 0 Å². The van der Waals surface area contributed by atoms with Gasteiger partial charge < -0.3 is 19.5 Å². The Labute approximate surface area is 175 Å². The van der Waals surface area contributed by atoms with Crippen LogP contribution in [-0.4, -0.2) is 48.1 Å². The molecule has 2 aliphatic rings. The highest BCUT2D eigenvalue weighted by Gasteiger charge is 2.45. The summed E-state index contributed by atoms with van der Waals surface area (Å²) in [4.78, 5) is 27.2. The van der Waals surface area contributed by atoms with Crippen LogP contribution >= 0.6 is 0 Å². The van der Waals surface area contributed by atoms with Crippen LogP contribution in [0.5, 0.6) is 5.75 Å². The summed E-state index contributed by atoms with van der Waals surface area (Å²) < 4.78 is 10.9. The lowest BCUT2D eigenvalue weighted by Crippen LogP contribution is -2.32. The first-order valence-electron chi connectivity index (χ1n) is 10.0. The largest absolute Gasteiger partial charge is 0.507 e. The fourth-order valence-electron chi connectivity index (χ4n) is 4.12. The molecule has 156 valence electrons. The zero-order valence-electron chi connectivity index (χ0n) is 17.3. The van der Waals surface area contributed by atoms with Crippen molar-refractivity contribution in [1.82, 2.24) is 4.90 Å². The highest BCUT2D eigenvalue weighted by atomic mass is 16.5. The Morgan fingerprint density at radius 3 is 2.63 bits per heavy atom. The van der Waals surface area contributed by atoms with Crippen LogP contribution in [0, 0.1) is 6.92 Å². The normalized spacial score (nSPS) is 22.3. The summed E-state index contributed by atoms with van der Waals surface area (Å²) in [5.74, 6) is -0.688. The van der Waals surface area contributed by atoms with Gasteiger partial charge in [-0.05, 0) is 43.2 Å². The number of Topliss-reactive ketones (excluding diaryl/α,β-unsaturated/α-hetero) is 1. The predicted molar refractivity (Wildman–Crippen MR) is 112 cm³/mol. The molecule has 1 amide bonds. The summed E-state index contributed by atoms with van der Waals surface area (Å²) in [6.07, 6.45) is 0.810. The van der Waals surface area contributed by atoms with Crippen molar-refractivity contribution in [2.75, 3.05) is 20.3 Å². The first-order chi connectivity index (χ1) is 14.4. The third kappa shape index (κ3) is 3.48. The van der Waals surface area contributed by atoms with Crippen LogP contribution in [0.3, 0.4) is 0 Å². The molecule has 0 bridgehead atoms. The molecule has 1 fully saturated rings. The Kier molecular flexibility index (Phi) is 5.35. The van der Waals surface area contributed by atoms with Crippen molar-refractivity contribution in [1.29, 1.82) is 0 Å². The monoisotopic (exact) mass is 407 g/mol. The molecule has 0 aromatic heterocycles. The van der Waals surface area contributed by atoms with E-state index in [1.165, 1.54) is 4.90 Å². The number of hydrogen-bond acceptors (Lipinski definition) is 5. The van der Waals surface area contributed by atoms with Crippen LogP contribution in [0.25, 0.3) is 5.76 Å². The Balaban J connectivity index is 1.82. The molecule has 2 aromatic rings. The van der Waals surface area contributed by atoms with Crippen LogP contribution in [0.2, 0.25) is 0 Å². The minimum absolute atomic E-state index is 0.0737. The van der Waals surface area contributed by atoms with Crippen LogP contribution in [-0.2, 0) is 20.7 Å². The zero-order valence-corrected chi connectivity index (χ0v) is 17.3. The summed E-state index contributed by atoms with van der Waals surface area (Å²) in [7, 11) is 1.55. The Morgan fingerprint density at radius 2 is 1.93 bits per heavy atom. The maximum Gasteiger partial charge on any atom is 0.295 e. The third-order valence-corrected chi connectivity index (χ3v) is 5.64. The molecular weight excluding hydrogens is 382 g/mol. The van der Waals surface area contributed by atoms with Crippen LogP contribution in [0.1, 0.15) is 35.2 Å². The number of carbonyl (C=O) groups excluding carboxylic acids is 2. The Morgan fingerprint density at radius 1 is 1.20 bits per heavy atom. The molecule has 4 rings (SSSR count). The summed E-state index contributed by atoms with van der Waals surface area (Å²) >= 11 is 0. The molecule has 1 N–H and O–H groups in total. The highest BCUT2D eigenvalue weighted by molar-refractivity contribution is 6.46. The number of amides is 1. The summed E-state index contributed by atoms with van der Waals surface area (Å²) in [6.45, 7) is 4.51. The number of hydrogen-bond donors (Lipinski definition) is 1. The van der Waals surface area contributed by atoms with Crippen molar-refractivity contribution in [3.63, 3.8) is 0 Å². The van der Waals surface area contributed by atoms with Gasteiger partial charge in [-0.3, -0.25) is 9.59 Å². The van der Waals surface area contributed by atoms with E-state index in [4.69, 9.17) is 9.47 Å². The number of nitrogens with zero attached hydrogens (tertiary/aromatic N) is 1. The van der Waals surface area contributed by atoms with Crippen LogP contribution in [0.15, 0.2) is 48.0 Å². The number of methoxy groups -OCH3 is 1. The number of carbonyl (C=O) groups is 2. The number of rotatable bonds is 5. The van der Waals surface area contributed by atoms with Crippen molar-refractivity contribution in [3.8, 4) is 5.75 Å². The molecule has 0 aliphatic carbocycles. The van der Waals surface area contributed by atoms with Gasteiger partial charge in [0.15, 0.2) is 0 Å². The van der Waals surface area contributed by atoms with Crippen molar-refractivity contribution in [3.05, 3.63) is 70.3 Å². The molecule has 0 saturated carbocycles. The van der Waals surface area contributed by atoms with Gasteiger partial charge in [-0.25, -0.2) is 0 Å². The average Bonchev–Trinajstić information content (AvgIpc) is 3.22. The lowest BCUT2D eigenvalue weighted by atomic mass is 9.94. The minimum atomic E-state index is -0.681. The molecule has 6 heteroatoms. The number of ketones is 1. The van der Waals surface area contributed by atoms with Crippen LogP contribution in [0.4, 0.5) is 0 Å². The molecule has 2 atom stereocenters. The van der Waals surface area contributed by atoms with Crippen LogP contribution < -0.4 is 4.74 Å². The fraction of sp³-hybridized carbons (Fsp3) is 0.333. The first kappa shape index (κ1) is 20.2. The SMILES string of the molecule is COCCN1C(=O)C(=O)/C(=C(/O)c2ccc3c(c2)CC(C)O3)C1c1ccc(C)cc1. The summed E-state index contributed by atoms with van der Waals surface area (Å²) in [5, 5.41) is 11.1. The molecular formula is C24H25NO5. The van der Waals surface area contributed by atoms with E-state index in [0.717, 1.165) is 28.9 Å². The molecule has 2 aliphatic heterocycles. The lowest BCUT2D eigenvalue weighted by molar-refractivity contribution is -0.140. The summed E-state index contributed by atoms with van der Waals surface area (Å²) in [5.41, 5.74) is 3.43. The molecule has 2 heterocycles. The minimum Gasteiger partial charge on any atom is -0.507 e. The second kappa shape index (κ2) is 7.95. The van der Waals surface area contributed by atoms with Gasteiger partial charge in [0, 0.05) is 25.6 Å². The van der Waals surface area contributed by atoms with Crippen molar-refractivity contribution in [2.24, 2.45) is 0 Å². The molecule has 0 spiro atoms. The number of likely N-dealkylation sites (tertiary alicyclic amines) is 1. The predicted octanol–water partition coefficient (Wildman–Crippen LogP) is 3.39. The van der Waals surface area contributed by atoms with Crippen molar-refractivity contribution in [2.45, 2.75) is 32.4 Å². The van der Waals surface area contributed by atoms with E-state index in [1.54, 1.807) is 19.2 Å². The maximum atomic E-state index is 13.0. The third-order valence-electron chi connectivity index (χ3n) is 5.64. The smallest absolute Gasteiger partial charge is 0.295 e. The number of aliphatic hydroxyl groups is 1. The lowest BCUT2D eigenvalue weighted by Gasteiger charge is -2.25. The van der Waals surface area contributed by atoms with Gasteiger partial charge in [-0.2, -0.15) is 0 Å². The quantitative estimate of drug-likeness (QED) is 0.467. The second-order valence-corrected chi connectivity index (χ2v) is 7.85. The molecule has 6 nitrogen and oxygen atoms in total. The van der Waals surface area contributed by atoms with E-state index >= 15 is 0 Å². The van der Waals surface area contributed by atoms with Crippen molar-refractivity contribution >= 4 is 17.4 Å². The highest BCUT2D eigenvalue weighted by Crippen LogP contribution is 2.40. The van der Waals surface area contributed by atoms with E-state index in [9.17, 15) is 14.7 Å². The average molecular weight is 407 g/mol. The topological polar surface area (TPSA) is 76.1 Å². The molecule has 2 aromatic carbocycles. The molecule has 2 unspecified atom stereocenters. The first-order valence-corrected chi connectivity index (χ1v) is 10.0. The number of ether oxygens (including phenoxy) is 2. The maximum absolute atomic E-state index is 13.0. The van der Waals surface area contributed by atoms with E-state index in [2.05, 4.69) is 0 Å². The summed E-state index contributed by atoms with van der Waals surface area (Å²) in [6, 6.07) is 12.3. The number of aryl methyl sites for hydroxylation is 1. The zero-order chi connectivity index (χ0) is 21.4. The molecule has 1 saturated heterocycles. The standard InChI is InChI=1S/C24H25NO5/c1-14-4-6-16(7-5-14)21-20(23(27)24(28)25(21)10-11-29-3)22(26)17-8-9-19-18(13-17)12-15(2)30-19/h4-9,13,15,21,26H,10-12H2,1-3H3/b22-20+. The number of benzene rings is 2. The van der Waals surface area contributed by atoms with E-state index in [0.29, 0.717) is 12.2 Å². The van der Waals surface area contributed by atoms with Gasteiger partial charge in [-0.1, -0.05) is 29.8 Å². The van der Waals surface area contributed by atoms with Gasteiger partial charge in [0.2, 0.25) is 0 Å².